The smallest absolute Gasteiger partial charge is 0.409 e. The highest BCUT2D eigenvalue weighted by Gasteiger charge is 2.34. The predicted octanol–water partition coefficient (Wildman–Crippen LogP) is 4.48. The van der Waals surface area contributed by atoms with Gasteiger partial charge in [-0.3, -0.25) is 9.59 Å². The van der Waals surface area contributed by atoms with Crippen LogP contribution in [0.25, 0.3) is 0 Å². The molecule has 0 saturated heterocycles. The lowest BCUT2D eigenvalue weighted by Crippen LogP contribution is -2.37. The quantitative estimate of drug-likeness (QED) is 0.211. The van der Waals surface area contributed by atoms with Gasteiger partial charge < -0.3 is 29.7 Å². The molecule has 216 valence electrons. The number of aliphatic hydroxyl groups excluding tert-OH is 1. The van der Waals surface area contributed by atoms with E-state index in [0.29, 0.717) is 6.54 Å². The molecule has 0 fully saturated rings. The molecule has 1 heterocycles. The van der Waals surface area contributed by atoms with Crippen LogP contribution in [0.5, 0.6) is 0 Å². The van der Waals surface area contributed by atoms with Crippen molar-refractivity contribution in [2.45, 2.75) is 91.0 Å². The van der Waals surface area contributed by atoms with E-state index in [2.05, 4.69) is 6.92 Å². The third-order valence-corrected chi connectivity index (χ3v) is 6.84. The third kappa shape index (κ3) is 12.3. The lowest BCUT2D eigenvalue weighted by atomic mass is 9.80. The lowest BCUT2D eigenvalue weighted by Gasteiger charge is -2.32. The maximum Gasteiger partial charge on any atom is 0.409 e. The van der Waals surface area contributed by atoms with E-state index >= 15 is 0 Å². The second-order valence-electron chi connectivity index (χ2n) is 10.7. The fraction of sp³-hybridized carbons (Fsp3) is 0.690. The van der Waals surface area contributed by atoms with Crippen molar-refractivity contribution < 1.29 is 39.2 Å². The molecule has 9 nitrogen and oxygen atoms in total. The molecule has 0 radical (unpaired) electrons. The summed E-state index contributed by atoms with van der Waals surface area (Å²) in [7, 11) is 1.72. The Balaban J connectivity index is 2.99. The van der Waals surface area contributed by atoms with Crippen LogP contribution in [0.1, 0.15) is 73.1 Å². The summed E-state index contributed by atoms with van der Waals surface area (Å²) in [6.45, 7) is 10.1. The molecule has 1 aliphatic rings. The number of carboxylic acid groups (broad SMARTS) is 1. The number of carbonyl (C=O) groups is 3. The van der Waals surface area contributed by atoms with Gasteiger partial charge in [0.25, 0.3) is 0 Å². The van der Waals surface area contributed by atoms with Gasteiger partial charge in [0.15, 0.2) is 0 Å². The molecular weight excluding hydrogens is 490 g/mol. The average Bonchev–Trinajstić information content (AvgIpc) is 2.84. The summed E-state index contributed by atoms with van der Waals surface area (Å²) in [5.41, 5.74) is -0.602. The van der Waals surface area contributed by atoms with E-state index in [1.807, 2.05) is 39.0 Å². The van der Waals surface area contributed by atoms with Crippen molar-refractivity contribution in [3.8, 4) is 0 Å². The molecule has 0 unspecified atom stereocenters. The number of allylic oxidation sites excluding steroid dienone is 2. The summed E-state index contributed by atoms with van der Waals surface area (Å²) in [5, 5.41) is 30.6. The fourth-order valence-electron chi connectivity index (χ4n) is 4.18. The van der Waals surface area contributed by atoms with Crippen molar-refractivity contribution in [3.63, 3.8) is 0 Å². The minimum Gasteiger partial charge on any atom is -0.481 e. The van der Waals surface area contributed by atoms with Gasteiger partial charge in [0.2, 0.25) is 0 Å². The average molecular weight is 538 g/mol. The number of ether oxygens (including phenoxy) is 2. The van der Waals surface area contributed by atoms with Crippen LogP contribution in [-0.4, -0.2) is 76.3 Å². The number of hydrogen-bond donors (Lipinski definition) is 3. The number of carbonyl (C=O) groups excluding carboxylic acids is 2. The maximum atomic E-state index is 12.5. The third-order valence-electron chi connectivity index (χ3n) is 6.84. The minimum absolute atomic E-state index is 0.0343. The van der Waals surface area contributed by atoms with Gasteiger partial charge in [-0.2, -0.15) is 0 Å². The summed E-state index contributed by atoms with van der Waals surface area (Å²) >= 11 is 0. The van der Waals surface area contributed by atoms with Crippen molar-refractivity contribution in [1.29, 1.82) is 0 Å². The van der Waals surface area contributed by atoms with Gasteiger partial charge in [-0.25, -0.2) is 4.79 Å². The second-order valence-corrected chi connectivity index (χ2v) is 10.7. The zero-order valence-corrected chi connectivity index (χ0v) is 23.8. The first kappa shape index (κ1) is 33.4. The Labute approximate surface area is 227 Å². The number of aliphatic hydroxyl groups is 2. The van der Waals surface area contributed by atoms with E-state index in [1.54, 1.807) is 31.0 Å². The number of rotatable bonds is 10. The van der Waals surface area contributed by atoms with Gasteiger partial charge >= 0.3 is 18.0 Å². The van der Waals surface area contributed by atoms with Crippen LogP contribution < -0.4 is 0 Å². The standard InChI is InChI=1S/C29H47NO8/c1-7-8-16-30(6)28(35)37-19-20(2)10-9-11-21(3)27-22(4)12-13-23(17-25(32)33)29(5,36)15-14-24(31)18-26(34)38-27/h9-13,20,22-24,27,31,36H,7-8,14-19H2,1-6H3,(H,32,33)/b10-9+,13-12+,21-11+/t20-,22-,23+,24-,27+,29-/m0/s1. The highest BCUT2D eigenvalue weighted by molar-refractivity contribution is 5.70. The summed E-state index contributed by atoms with van der Waals surface area (Å²) in [6.07, 6.45) is 8.70. The molecule has 0 spiro atoms. The summed E-state index contributed by atoms with van der Waals surface area (Å²) in [5.74, 6) is -2.59. The van der Waals surface area contributed by atoms with Gasteiger partial charge in [0, 0.05) is 31.3 Å². The van der Waals surface area contributed by atoms with Crippen molar-refractivity contribution >= 4 is 18.0 Å². The number of aliphatic carboxylic acids is 1. The first-order chi connectivity index (χ1) is 17.8. The summed E-state index contributed by atoms with van der Waals surface area (Å²) in [4.78, 5) is 37.6. The van der Waals surface area contributed by atoms with Gasteiger partial charge in [-0.05, 0) is 38.7 Å². The molecular formula is C29H47NO8. The predicted molar refractivity (Wildman–Crippen MR) is 145 cm³/mol. The molecule has 9 heteroatoms. The molecule has 3 N–H and O–H groups in total. The van der Waals surface area contributed by atoms with Gasteiger partial charge in [-0.1, -0.05) is 57.6 Å². The molecule has 1 amide bonds. The summed E-state index contributed by atoms with van der Waals surface area (Å²) in [6, 6.07) is 0. The van der Waals surface area contributed by atoms with Crippen molar-refractivity contribution in [1.82, 2.24) is 4.90 Å². The number of hydrogen-bond acceptors (Lipinski definition) is 7. The monoisotopic (exact) mass is 537 g/mol. The van der Waals surface area contributed by atoms with E-state index in [9.17, 15) is 29.7 Å². The Morgan fingerprint density at radius 1 is 1.34 bits per heavy atom. The number of cyclic esters (lactones) is 1. The molecule has 0 aromatic heterocycles. The second kappa shape index (κ2) is 16.3. The number of nitrogens with zero attached hydrogens (tertiary/aromatic N) is 1. The molecule has 6 atom stereocenters. The molecule has 0 aromatic carbocycles. The minimum atomic E-state index is -1.35. The lowest BCUT2D eigenvalue weighted by molar-refractivity contribution is -0.151. The Bertz CT molecular complexity index is 863. The number of esters is 1. The summed E-state index contributed by atoms with van der Waals surface area (Å²) < 4.78 is 11.1. The Morgan fingerprint density at radius 2 is 2.03 bits per heavy atom. The SMILES string of the molecule is CCCCN(C)C(=O)OC[C@@H](C)/C=C/C=C(\C)[C@H]1OC(=O)C[C@@H](O)CC[C@](C)(O)[C@@H](CC(=O)O)/C=C/[C@@H]1C. The Morgan fingerprint density at radius 3 is 2.66 bits per heavy atom. The molecule has 0 bridgehead atoms. The Hall–Kier alpha value is -2.65. The maximum absolute atomic E-state index is 12.5. The Kier molecular flexibility index (Phi) is 14.4. The molecule has 1 aliphatic heterocycles. The highest BCUT2D eigenvalue weighted by Crippen LogP contribution is 2.30. The van der Waals surface area contributed by atoms with Crippen molar-refractivity contribution in [2.75, 3.05) is 20.2 Å². The highest BCUT2D eigenvalue weighted by atomic mass is 16.6. The van der Waals surface area contributed by atoms with E-state index < -0.39 is 35.7 Å². The van der Waals surface area contributed by atoms with Crippen LogP contribution in [0.2, 0.25) is 0 Å². The number of amides is 1. The van der Waals surface area contributed by atoms with Gasteiger partial charge in [0.05, 0.1) is 31.2 Å². The molecule has 1 rings (SSSR count). The van der Waals surface area contributed by atoms with E-state index in [1.165, 1.54) is 0 Å². The first-order valence-corrected chi connectivity index (χ1v) is 13.5. The van der Waals surface area contributed by atoms with Crippen LogP contribution in [0, 0.1) is 17.8 Å². The van der Waals surface area contributed by atoms with Crippen LogP contribution >= 0.6 is 0 Å². The van der Waals surface area contributed by atoms with Crippen LogP contribution in [0.15, 0.2) is 36.0 Å². The van der Waals surface area contributed by atoms with Crippen molar-refractivity contribution in [2.24, 2.45) is 17.8 Å². The topological polar surface area (TPSA) is 134 Å². The molecule has 0 saturated carbocycles. The number of unbranched alkanes of at least 4 members (excludes halogenated alkanes) is 1. The number of carboxylic acids is 1. The van der Waals surface area contributed by atoms with Crippen LogP contribution in [-0.2, 0) is 19.1 Å². The largest absolute Gasteiger partial charge is 0.481 e. The van der Waals surface area contributed by atoms with E-state index in [0.717, 1.165) is 18.4 Å². The zero-order valence-electron chi connectivity index (χ0n) is 23.8. The van der Waals surface area contributed by atoms with Gasteiger partial charge in [0.1, 0.15) is 6.10 Å². The van der Waals surface area contributed by atoms with Crippen molar-refractivity contribution in [3.05, 3.63) is 36.0 Å². The first-order valence-electron chi connectivity index (χ1n) is 13.5. The van der Waals surface area contributed by atoms with Gasteiger partial charge in [-0.15, -0.1) is 0 Å². The van der Waals surface area contributed by atoms with Crippen LogP contribution in [0.4, 0.5) is 4.79 Å². The van der Waals surface area contributed by atoms with Crippen LogP contribution in [0.3, 0.4) is 0 Å². The normalized spacial score (nSPS) is 29.1. The molecule has 38 heavy (non-hydrogen) atoms. The molecule has 0 aliphatic carbocycles. The van der Waals surface area contributed by atoms with E-state index in [-0.39, 0.29) is 50.2 Å². The zero-order chi connectivity index (χ0) is 28.9. The fourth-order valence-corrected chi connectivity index (χ4v) is 4.18. The van der Waals surface area contributed by atoms with E-state index in [4.69, 9.17) is 9.47 Å². The molecule has 0 aromatic rings.